The number of amides is 1. The van der Waals surface area contributed by atoms with Crippen molar-refractivity contribution in [2.75, 3.05) is 12.4 Å². The molecular formula is C26H21N5O2S. The third kappa shape index (κ3) is 4.31. The minimum absolute atomic E-state index is 0.281. The first-order valence-corrected chi connectivity index (χ1v) is 11.4. The van der Waals surface area contributed by atoms with Crippen LogP contribution in [0.2, 0.25) is 0 Å². The van der Waals surface area contributed by atoms with Crippen molar-refractivity contribution in [3.63, 3.8) is 0 Å². The quantitative estimate of drug-likeness (QED) is 0.350. The molecule has 3 heterocycles. The number of hydrogen-bond acceptors (Lipinski definition) is 6. The van der Waals surface area contributed by atoms with E-state index in [4.69, 9.17) is 4.74 Å². The first-order chi connectivity index (χ1) is 16.6. The number of para-hydroxylation sites is 1. The minimum Gasteiger partial charge on any atom is -0.497 e. The van der Waals surface area contributed by atoms with Crippen LogP contribution in [-0.2, 0) is 0 Å². The summed E-state index contributed by atoms with van der Waals surface area (Å²) < 4.78 is 6.94. The van der Waals surface area contributed by atoms with E-state index in [-0.39, 0.29) is 5.91 Å². The van der Waals surface area contributed by atoms with E-state index in [1.807, 2.05) is 73.7 Å². The summed E-state index contributed by atoms with van der Waals surface area (Å²) in [5.74, 6) is 0.500. The topological polar surface area (TPSA) is 81.9 Å². The number of pyridine rings is 1. The number of benzene rings is 2. The van der Waals surface area contributed by atoms with Gasteiger partial charge in [-0.05, 0) is 55.5 Å². The smallest absolute Gasteiger partial charge is 0.261 e. The van der Waals surface area contributed by atoms with Crippen LogP contribution in [-0.4, -0.2) is 32.8 Å². The number of ether oxygens (including phenoxy) is 1. The van der Waals surface area contributed by atoms with Crippen molar-refractivity contribution in [2.24, 2.45) is 0 Å². The lowest BCUT2D eigenvalue weighted by molar-refractivity contribution is 0.102. The van der Waals surface area contributed by atoms with Crippen molar-refractivity contribution in [3.05, 3.63) is 95.8 Å². The van der Waals surface area contributed by atoms with Gasteiger partial charge in [0.25, 0.3) is 5.91 Å². The zero-order valence-electron chi connectivity index (χ0n) is 18.6. The Balaban J connectivity index is 1.47. The van der Waals surface area contributed by atoms with Crippen molar-refractivity contribution in [2.45, 2.75) is 6.92 Å². The van der Waals surface area contributed by atoms with E-state index < -0.39 is 0 Å². The summed E-state index contributed by atoms with van der Waals surface area (Å²) >= 11 is 1.43. The second-order valence-corrected chi connectivity index (χ2v) is 8.72. The van der Waals surface area contributed by atoms with Gasteiger partial charge in [-0.1, -0.05) is 18.2 Å². The molecule has 0 unspecified atom stereocenters. The van der Waals surface area contributed by atoms with Crippen molar-refractivity contribution >= 4 is 22.4 Å². The lowest BCUT2D eigenvalue weighted by Crippen LogP contribution is -2.12. The Morgan fingerprint density at radius 2 is 1.76 bits per heavy atom. The number of carbonyl (C=O) groups excluding carboxylic acids is 1. The average molecular weight is 468 g/mol. The van der Waals surface area contributed by atoms with E-state index >= 15 is 0 Å². The van der Waals surface area contributed by atoms with Crippen molar-refractivity contribution < 1.29 is 9.53 Å². The van der Waals surface area contributed by atoms with Gasteiger partial charge < -0.3 is 4.74 Å². The summed E-state index contributed by atoms with van der Waals surface area (Å²) in [5.41, 5.74) is 4.40. The van der Waals surface area contributed by atoms with Gasteiger partial charge in [0, 0.05) is 34.6 Å². The maximum Gasteiger partial charge on any atom is 0.261 e. The summed E-state index contributed by atoms with van der Waals surface area (Å²) in [6, 6.07) is 21.1. The standard InChI is InChI=1S/C26H21N5O2S/c1-17-23(18-10-12-21(33-2)13-11-18)28-26(34-17)29-25(32)22-16-31(20-8-4-3-5-9-20)30-24(22)19-7-6-14-27-15-19/h3-16H,1-2H3,(H,28,29,32). The zero-order valence-corrected chi connectivity index (χ0v) is 19.4. The van der Waals surface area contributed by atoms with Crippen LogP contribution in [0.5, 0.6) is 5.75 Å². The highest BCUT2D eigenvalue weighted by Gasteiger charge is 2.21. The molecule has 7 nitrogen and oxygen atoms in total. The number of methoxy groups -OCH3 is 1. The van der Waals surface area contributed by atoms with E-state index in [0.29, 0.717) is 16.4 Å². The van der Waals surface area contributed by atoms with Crippen LogP contribution in [0.25, 0.3) is 28.2 Å². The number of aryl methyl sites for hydroxylation is 1. The Bertz CT molecular complexity index is 1430. The molecule has 1 amide bonds. The lowest BCUT2D eigenvalue weighted by atomic mass is 10.1. The van der Waals surface area contributed by atoms with Gasteiger partial charge in [0.2, 0.25) is 0 Å². The van der Waals surface area contributed by atoms with E-state index in [0.717, 1.165) is 33.1 Å². The molecule has 0 fully saturated rings. The summed E-state index contributed by atoms with van der Waals surface area (Å²) in [6.07, 6.45) is 5.12. The predicted molar refractivity (Wildman–Crippen MR) is 134 cm³/mol. The number of nitrogens with one attached hydrogen (secondary N) is 1. The highest BCUT2D eigenvalue weighted by atomic mass is 32.1. The molecule has 0 saturated carbocycles. The van der Waals surface area contributed by atoms with Crippen molar-refractivity contribution in [3.8, 4) is 34.0 Å². The van der Waals surface area contributed by atoms with Crippen LogP contribution in [0.1, 0.15) is 15.2 Å². The van der Waals surface area contributed by atoms with Crippen LogP contribution >= 0.6 is 11.3 Å². The van der Waals surface area contributed by atoms with Gasteiger partial charge in [0.1, 0.15) is 11.4 Å². The molecule has 0 bridgehead atoms. The van der Waals surface area contributed by atoms with E-state index in [2.05, 4.69) is 20.4 Å². The number of thiazole rings is 1. The SMILES string of the molecule is COc1ccc(-c2nc(NC(=O)c3cn(-c4ccccc4)nc3-c3cccnc3)sc2C)cc1. The molecule has 0 aliphatic carbocycles. The average Bonchev–Trinajstić information content (AvgIpc) is 3.49. The van der Waals surface area contributed by atoms with Gasteiger partial charge in [-0.15, -0.1) is 11.3 Å². The highest BCUT2D eigenvalue weighted by Crippen LogP contribution is 2.32. The summed E-state index contributed by atoms with van der Waals surface area (Å²) in [4.78, 5) is 23.2. The fourth-order valence-electron chi connectivity index (χ4n) is 3.60. The fraction of sp³-hybridized carbons (Fsp3) is 0.0769. The maximum atomic E-state index is 13.4. The number of anilines is 1. The highest BCUT2D eigenvalue weighted by molar-refractivity contribution is 7.16. The summed E-state index contributed by atoms with van der Waals surface area (Å²) in [6.45, 7) is 1.99. The predicted octanol–water partition coefficient (Wildman–Crippen LogP) is 5.63. The largest absolute Gasteiger partial charge is 0.497 e. The molecule has 0 aliphatic rings. The number of hydrogen-bond donors (Lipinski definition) is 1. The molecule has 0 saturated heterocycles. The third-order valence-electron chi connectivity index (χ3n) is 5.30. The van der Waals surface area contributed by atoms with Gasteiger partial charge in [0.15, 0.2) is 5.13 Å². The normalized spacial score (nSPS) is 10.8. The number of nitrogens with zero attached hydrogens (tertiary/aromatic N) is 4. The Hall–Kier alpha value is -4.30. The van der Waals surface area contributed by atoms with Gasteiger partial charge in [-0.2, -0.15) is 5.10 Å². The zero-order chi connectivity index (χ0) is 23.5. The molecule has 168 valence electrons. The summed E-state index contributed by atoms with van der Waals surface area (Å²) in [5, 5.41) is 8.17. The molecule has 3 aromatic heterocycles. The molecule has 0 radical (unpaired) electrons. The first kappa shape index (κ1) is 21.5. The molecule has 1 N–H and O–H groups in total. The molecule has 34 heavy (non-hydrogen) atoms. The van der Waals surface area contributed by atoms with Gasteiger partial charge in [-0.3, -0.25) is 15.1 Å². The van der Waals surface area contributed by atoms with Crippen LogP contribution in [0.4, 0.5) is 5.13 Å². The molecule has 2 aromatic carbocycles. The van der Waals surface area contributed by atoms with Crippen molar-refractivity contribution in [1.29, 1.82) is 0 Å². The second kappa shape index (κ2) is 9.29. The van der Waals surface area contributed by atoms with E-state index in [9.17, 15) is 4.79 Å². The molecular weight excluding hydrogens is 446 g/mol. The minimum atomic E-state index is -0.281. The Morgan fingerprint density at radius 1 is 0.971 bits per heavy atom. The van der Waals surface area contributed by atoms with E-state index in [1.54, 1.807) is 30.4 Å². The molecule has 5 rings (SSSR count). The van der Waals surface area contributed by atoms with Crippen LogP contribution in [0, 0.1) is 6.92 Å². The molecule has 8 heteroatoms. The summed E-state index contributed by atoms with van der Waals surface area (Å²) in [7, 11) is 1.64. The van der Waals surface area contributed by atoms with Gasteiger partial charge >= 0.3 is 0 Å². The molecule has 5 aromatic rings. The number of aromatic nitrogens is 4. The monoisotopic (exact) mass is 467 g/mol. The third-order valence-corrected chi connectivity index (χ3v) is 6.18. The fourth-order valence-corrected chi connectivity index (χ4v) is 4.43. The number of carbonyl (C=O) groups is 1. The Labute approximate surface area is 200 Å². The van der Waals surface area contributed by atoms with Crippen LogP contribution in [0.15, 0.2) is 85.3 Å². The molecule has 0 spiro atoms. The number of rotatable bonds is 6. The van der Waals surface area contributed by atoms with Gasteiger partial charge in [0.05, 0.1) is 24.1 Å². The maximum absolute atomic E-state index is 13.4. The Morgan fingerprint density at radius 3 is 2.47 bits per heavy atom. The molecule has 0 atom stereocenters. The molecule has 0 aliphatic heterocycles. The van der Waals surface area contributed by atoms with Crippen LogP contribution in [0.3, 0.4) is 0 Å². The van der Waals surface area contributed by atoms with Crippen molar-refractivity contribution in [1.82, 2.24) is 19.7 Å². The van der Waals surface area contributed by atoms with Gasteiger partial charge in [-0.25, -0.2) is 9.67 Å². The van der Waals surface area contributed by atoms with E-state index in [1.165, 1.54) is 11.3 Å². The van der Waals surface area contributed by atoms with Crippen LogP contribution < -0.4 is 10.1 Å². The Kier molecular flexibility index (Phi) is 5.88. The first-order valence-electron chi connectivity index (χ1n) is 10.6. The second-order valence-electron chi connectivity index (χ2n) is 7.52. The lowest BCUT2D eigenvalue weighted by Gasteiger charge is -2.03.